The van der Waals surface area contributed by atoms with E-state index in [0.717, 1.165) is 13.0 Å². The van der Waals surface area contributed by atoms with Crippen molar-refractivity contribution in [2.24, 2.45) is 23.7 Å². The van der Waals surface area contributed by atoms with E-state index in [-0.39, 0.29) is 23.7 Å². The molecule has 0 spiro atoms. The van der Waals surface area contributed by atoms with Gasteiger partial charge in [0.15, 0.2) is 0 Å². The number of fused-ring (bicyclic) bond motifs is 5. The van der Waals surface area contributed by atoms with Gasteiger partial charge < -0.3 is 5.32 Å². The summed E-state index contributed by atoms with van der Waals surface area (Å²) >= 11 is 0. The molecule has 4 atom stereocenters. The Kier molecular flexibility index (Phi) is 2.54. The number of rotatable bonds is 4. The van der Waals surface area contributed by atoms with Crippen LogP contribution in [0.1, 0.15) is 13.3 Å². The number of nitrogens with zero attached hydrogens (tertiary/aromatic N) is 1. The van der Waals surface area contributed by atoms with Gasteiger partial charge in [-0.2, -0.15) is 0 Å². The molecule has 0 aromatic heterocycles. The molecule has 92 valence electrons. The maximum Gasteiger partial charge on any atom is 0.233 e. The van der Waals surface area contributed by atoms with E-state index >= 15 is 0 Å². The average Bonchev–Trinajstić information content (AvgIpc) is 2.97. The Labute approximate surface area is 101 Å². The zero-order valence-electron chi connectivity index (χ0n) is 10.1. The highest BCUT2D eigenvalue weighted by molar-refractivity contribution is 6.06. The van der Waals surface area contributed by atoms with Crippen LogP contribution in [0.25, 0.3) is 0 Å². The molecule has 4 nitrogen and oxygen atoms in total. The van der Waals surface area contributed by atoms with Gasteiger partial charge in [-0.15, -0.1) is 0 Å². The molecule has 1 saturated heterocycles. The van der Waals surface area contributed by atoms with Crippen LogP contribution < -0.4 is 5.32 Å². The normalized spacial score (nSPS) is 38.3. The van der Waals surface area contributed by atoms with Crippen LogP contribution in [0.2, 0.25) is 0 Å². The van der Waals surface area contributed by atoms with Crippen molar-refractivity contribution < 1.29 is 9.59 Å². The van der Waals surface area contributed by atoms with Gasteiger partial charge >= 0.3 is 0 Å². The summed E-state index contributed by atoms with van der Waals surface area (Å²) in [5, 5.41) is 3.16. The highest BCUT2D eigenvalue weighted by Gasteiger charge is 2.58. The number of carbonyl (C=O) groups is 2. The summed E-state index contributed by atoms with van der Waals surface area (Å²) in [6.07, 6.45) is 5.27. The second kappa shape index (κ2) is 3.95. The molecule has 3 rings (SSSR count). The summed E-state index contributed by atoms with van der Waals surface area (Å²) in [4.78, 5) is 25.9. The standard InChI is InChI=1S/C13H18N2O2/c1-2-14-5-6-15-12(16)10-8-3-4-9(7-8)11(10)13(15)17/h3-4,8-11,14H,2,5-7H2,1H3. The van der Waals surface area contributed by atoms with Crippen molar-refractivity contribution in [1.29, 1.82) is 0 Å². The van der Waals surface area contributed by atoms with Crippen LogP contribution in [0.4, 0.5) is 0 Å². The molecule has 1 heterocycles. The van der Waals surface area contributed by atoms with E-state index in [0.29, 0.717) is 24.9 Å². The second-order valence-electron chi connectivity index (χ2n) is 5.18. The van der Waals surface area contributed by atoms with Crippen LogP contribution in [0.3, 0.4) is 0 Å². The van der Waals surface area contributed by atoms with E-state index < -0.39 is 0 Å². The molecule has 3 aliphatic rings. The van der Waals surface area contributed by atoms with Gasteiger partial charge in [-0.25, -0.2) is 0 Å². The highest BCUT2D eigenvalue weighted by atomic mass is 16.2. The Balaban J connectivity index is 1.74. The molecular formula is C13H18N2O2. The highest BCUT2D eigenvalue weighted by Crippen LogP contribution is 2.52. The maximum absolute atomic E-state index is 12.2. The maximum atomic E-state index is 12.2. The van der Waals surface area contributed by atoms with E-state index in [9.17, 15) is 9.59 Å². The number of likely N-dealkylation sites (tertiary alicyclic amines) is 1. The first-order valence-corrected chi connectivity index (χ1v) is 6.48. The molecule has 17 heavy (non-hydrogen) atoms. The third-order valence-electron chi connectivity index (χ3n) is 4.32. The summed E-state index contributed by atoms with van der Waals surface area (Å²) < 4.78 is 0. The van der Waals surface area contributed by atoms with Crippen LogP contribution in [0, 0.1) is 23.7 Å². The smallest absolute Gasteiger partial charge is 0.233 e. The lowest BCUT2D eigenvalue weighted by molar-refractivity contribution is -0.140. The largest absolute Gasteiger partial charge is 0.315 e. The van der Waals surface area contributed by atoms with Crippen molar-refractivity contribution in [3.8, 4) is 0 Å². The number of allylic oxidation sites excluding steroid dienone is 2. The van der Waals surface area contributed by atoms with E-state index in [1.165, 1.54) is 4.90 Å². The van der Waals surface area contributed by atoms with E-state index in [1.807, 2.05) is 6.92 Å². The predicted octanol–water partition coefficient (Wildman–Crippen LogP) is 0.403. The Morgan fingerprint density at radius 1 is 1.24 bits per heavy atom. The van der Waals surface area contributed by atoms with Gasteiger partial charge in [0.05, 0.1) is 11.8 Å². The Morgan fingerprint density at radius 2 is 1.82 bits per heavy atom. The van der Waals surface area contributed by atoms with Gasteiger partial charge in [0.25, 0.3) is 0 Å². The Morgan fingerprint density at radius 3 is 2.35 bits per heavy atom. The van der Waals surface area contributed by atoms with Crippen LogP contribution in [0.15, 0.2) is 12.2 Å². The van der Waals surface area contributed by atoms with Gasteiger partial charge in [-0.1, -0.05) is 19.1 Å². The van der Waals surface area contributed by atoms with Crippen molar-refractivity contribution in [3.63, 3.8) is 0 Å². The average molecular weight is 234 g/mol. The number of nitrogens with one attached hydrogen (secondary N) is 1. The Hall–Kier alpha value is -1.16. The lowest BCUT2D eigenvalue weighted by Crippen LogP contribution is -2.38. The first-order chi connectivity index (χ1) is 8.24. The lowest BCUT2D eigenvalue weighted by Gasteiger charge is -2.17. The number of carbonyl (C=O) groups excluding carboxylic acids is 2. The first kappa shape index (κ1) is 11.0. The first-order valence-electron chi connectivity index (χ1n) is 6.48. The molecule has 1 aliphatic heterocycles. The van der Waals surface area contributed by atoms with Gasteiger partial charge in [0.1, 0.15) is 0 Å². The van der Waals surface area contributed by atoms with Crippen LogP contribution in [-0.2, 0) is 9.59 Å². The van der Waals surface area contributed by atoms with Gasteiger partial charge in [0, 0.05) is 13.1 Å². The molecule has 4 unspecified atom stereocenters. The van der Waals surface area contributed by atoms with Gasteiger partial charge in [-0.05, 0) is 24.8 Å². The number of hydrogen-bond donors (Lipinski definition) is 1. The minimum Gasteiger partial charge on any atom is -0.315 e. The third kappa shape index (κ3) is 1.47. The zero-order chi connectivity index (χ0) is 12.0. The zero-order valence-corrected chi connectivity index (χ0v) is 10.1. The van der Waals surface area contributed by atoms with Gasteiger partial charge in [0.2, 0.25) is 11.8 Å². The van der Waals surface area contributed by atoms with Crippen molar-refractivity contribution in [2.75, 3.05) is 19.6 Å². The predicted molar refractivity (Wildman–Crippen MR) is 63.0 cm³/mol. The molecule has 0 aromatic rings. The molecule has 2 bridgehead atoms. The molecule has 0 aromatic carbocycles. The summed E-state index contributed by atoms with van der Waals surface area (Å²) in [5.74, 6) is 0.693. The van der Waals surface area contributed by atoms with Crippen LogP contribution in [0.5, 0.6) is 0 Å². The minimum absolute atomic E-state index is 0.0425. The second-order valence-corrected chi connectivity index (χ2v) is 5.18. The van der Waals surface area contributed by atoms with Crippen LogP contribution in [-0.4, -0.2) is 36.3 Å². The molecule has 0 radical (unpaired) electrons. The number of likely N-dealkylation sites (N-methyl/N-ethyl adjacent to an activating group) is 1. The summed E-state index contributed by atoms with van der Waals surface area (Å²) in [6, 6.07) is 0. The summed E-state index contributed by atoms with van der Waals surface area (Å²) in [5.41, 5.74) is 0. The van der Waals surface area contributed by atoms with Crippen molar-refractivity contribution in [3.05, 3.63) is 12.2 Å². The summed E-state index contributed by atoms with van der Waals surface area (Å²) in [7, 11) is 0. The fourth-order valence-corrected chi connectivity index (χ4v) is 3.55. The Bertz CT molecular complexity index is 361. The monoisotopic (exact) mass is 234 g/mol. The van der Waals surface area contributed by atoms with E-state index in [2.05, 4.69) is 17.5 Å². The van der Waals surface area contributed by atoms with Crippen molar-refractivity contribution >= 4 is 11.8 Å². The third-order valence-corrected chi connectivity index (χ3v) is 4.32. The minimum atomic E-state index is -0.0425. The molecule has 1 N–H and O–H groups in total. The molecule has 4 heteroatoms. The molecule has 2 fully saturated rings. The van der Waals surface area contributed by atoms with E-state index in [1.54, 1.807) is 0 Å². The molecule has 2 amide bonds. The lowest BCUT2D eigenvalue weighted by atomic mass is 9.85. The quantitative estimate of drug-likeness (QED) is 0.435. The van der Waals surface area contributed by atoms with Crippen molar-refractivity contribution in [2.45, 2.75) is 13.3 Å². The van der Waals surface area contributed by atoms with Gasteiger partial charge in [-0.3, -0.25) is 14.5 Å². The molecule has 1 saturated carbocycles. The number of hydrogen-bond acceptors (Lipinski definition) is 3. The fraction of sp³-hybridized carbons (Fsp3) is 0.692. The number of amides is 2. The number of imide groups is 1. The topological polar surface area (TPSA) is 49.4 Å². The molecule has 2 aliphatic carbocycles. The van der Waals surface area contributed by atoms with E-state index in [4.69, 9.17) is 0 Å². The van der Waals surface area contributed by atoms with Crippen molar-refractivity contribution in [1.82, 2.24) is 10.2 Å². The van der Waals surface area contributed by atoms with Crippen LogP contribution >= 0.6 is 0 Å². The fourth-order valence-electron chi connectivity index (χ4n) is 3.55. The molecular weight excluding hydrogens is 216 g/mol. The summed E-state index contributed by atoms with van der Waals surface area (Å²) in [6.45, 7) is 4.12. The SMILES string of the molecule is CCNCCN1C(=O)C2C3C=CC(C3)C2C1=O.